The molecule has 0 aromatic carbocycles. The van der Waals surface area contributed by atoms with Gasteiger partial charge in [0.15, 0.2) is 0 Å². The number of aryl methyl sites for hydroxylation is 1. The number of hydrogen-bond acceptors (Lipinski definition) is 3. The lowest BCUT2D eigenvalue weighted by Crippen LogP contribution is -1.77. The molecule has 0 unspecified atom stereocenters. The minimum absolute atomic E-state index is 0.593. The monoisotopic (exact) mass is 153 g/mol. The summed E-state index contributed by atoms with van der Waals surface area (Å²) in [4.78, 5) is 0. The average Bonchev–Trinajstić information content (AvgIpc) is 2.38. The summed E-state index contributed by atoms with van der Waals surface area (Å²) in [5, 5.41) is 11.0. The summed E-state index contributed by atoms with van der Waals surface area (Å²) in [6.45, 7) is 2.09. The summed E-state index contributed by atoms with van der Waals surface area (Å²) in [6.07, 6.45) is 3.27. The molecule has 0 radical (unpaired) electrons. The molecule has 0 aliphatic rings. The van der Waals surface area contributed by atoms with Gasteiger partial charge in [0, 0.05) is 6.42 Å². The van der Waals surface area contributed by atoms with Crippen LogP contribution in [0.5, 0.6) is 0 Å². The molecule has 0 fully saturated rings. The first-order chi connectivity index (χ1) is 5.36. The Labute approximate surface area is 65.3 Å². The number of oxime groups is 1. The molecule has 0 spiro atoms. The van der Waals surface area contributed by atoms with Crippen molar-refractivity contribution < 1.29 is 9.62 Å². The predicted octanol–water partition coefficient (Wildman–Crippen LogP) is 2.04. The van der Waals surface area contributed by atoms with Crippen molar-refractivity contribution in [3.05, 3.63) is 23.7 Å². The van der Waals surface area contributed by atoms with Gasteiger partial charge in [-0.15, -0.1) is 0 Å². The fraction of sp³-hybridized carbons (Fsp3) is 0.375. The largest absolute Gasteiger partial charge is 0.460 e. The van der Waals surface area contributed by atoms with Crippen LogP contribution in [0.15, 0.2) is 21.7 Å². The van der Waals surface area contributed by atoms with E-state index >= 15 is 0 Å². The molecule has 0 aliphatic heterocycles. The van der Waals surface area contributed by atoms with E-state index in [1.165, 1.54) is 6.21 Å². The molecule has 1 N–H and O–H groups in total. The lowest BCUT2D eigenvalue weighted by atomic mass is 10.3. The van der Waals surface area contributed by atoms with Crippen LogP contribution in [-0.2, 0) is 6.42 Å². The van der Waals surface area contributed by atoms with Crippen molar-refractivity contribution in [2.45, 2.75) is 19.8 Å². The van der Waals surface area contributed by atoms with Gasteiger partial charge in [0.05, 0.1) is 0 Å². The standard InChI is InChI=1S/C8H11NO2/c1-2-3-7-4-5-8(11-7)6-9-10/h4-6,10H,2-3H2,1H3. The zero-order valence-corrected chi connectivity index (χ0v) is 6.45. The molecule has 3 nitrogen and oxygen atoms in total. The fourth-order valence-corrected chi connectivity index (χ4v) is 0.902. The third-order valence-electron chi connectivity index (χ3n) is 1.36. The van der Waals surface area contributed by atoms with Gasteiger partial charge in [0.2, 0.25) is 0 Å². The third-order valence-corrected chi connectivity index (χ3v) is 1.36. The second-order valence-corrected chi connectivity index (χ2v) is 2.30. The molecule has 0 amide bonds. The molecule has 1 aromatic rings. The van der Waals surface area contributed by atoms with Crippen LogP contribution >= 0.6 is 0 Å². The van der Waals surface area contributed by atoms with Crippen LogP contribution in [0.2, 0.25) is 0 Å². The van der Waals surface area contributed by atoms with Gasteiger partial charge in [0.1, 0.15) is 17.7 Å². The molecular weight excluding hydrogens is 142 g/mol. The first-order valence-corrected chi connectivity index (χ1v) is 3.63. The summed E-state index contributed by atoms with van der Waals surface area (Å²) in [7, 11) is 0. The van der Waals surface area contributed by atoms with E-state index in [-0.39, 0.29) is 0 Å². The molecule has 0 saturated heterocycles. The molecule has 60 valence electrons. The SMILES string of the molecule is CCCc1ccc(C=NO)o1. The van der Waals surface area contributed by atoms with Gasteiger partial charge >= 0.3 is 0 Å². The maximum atomic E-state index is 8.17. The van der Waals surface area contributed by atoms with Crippen LogP contribution in [-0.4, -0.2) is 11.4 Å². The van der Waals surface area contributed by atoms with E-state index < -0.39 is 0 Å². The Kier molecular flexibility index (Phi) is 2.72. The van der Waals surface area contributed by atoms with Gasteiger partial charge in [-0.3, -0.25) is 0 Å². The molecule has 11 heavy (non-hydrogen) atoms. The Balaban J connectivity index is 2.65. The Hall–Kier alpha value is -1.25. The van der Waals surface area contributed by atoms with E-state index in [1.54, 1.807) is 6.07 Å². The van der Waals surface area contributed by atoms with Crippen LogP contribution in [0.4, 0.5) is 0 Å². The minimum Gasteiger partial charge on any atom is -0.460 e. The van der Waals surface area contributed by atoms with E-state index in [1.807, 2.05) is 6.07 Å². The maximum Gasteiger partial charge on any atom is 0.148 e. The quantitative estimate of drug-likeness (QED) is 0.410. The van der Waals surface area contributed by atoms with Gasteiger partial charge in [-0.2, -0.15) is 0 Å². The molecule has 0 bridgehead atoms. The molecule has 0 aliphatic carbocycles. The topological polar surface area (TPSA) is 45.7 Å². The molecule has 0 atom stereocenters. The van der Waals surface area contributed by atoms with Crippen LogP contribution in [0.25, 0.3) is 0 Å². The Morgan fingerprint density at radius 3 is 3.09 bits per heavy atom. The highest BCUT2D eigenvalue weighted by Crippen LogP contribution is 2.07. The van der Waals surface area contributed by atoms with Crippen molar-refractivity contribution in [1.29, 1.82) is 0 Å². The van der Waals surface area contributed by atoms with Gasteiger partial charge in [0.25, 0.3) is 0 Å². The summed E-state index contributed by atoms with van der Waals surface area (Å²) in [6, 6.07) is 3.67. The second kappa shape index (κ2) is 3.81. The Morgan fingerprint density at radius 2 is 2.45 bits per heavy atom. The zero-order valence-electron chi connectivity index (χ0n) is 6.45. The minimum atomic E-state index is 0.593. The first-order valence-electron chi connectivity index (χ1n) is 3.63. The summed E-state index contributed by atoms with van der Waals surface area (Å²) in [5.74, 6) is 1.53. The van der Waals surface area contributed by atoms with Gasteiger partial charge in [-0.25, -0.2) is 0 Å². The molecule has 1 heterocycles. The lowest BCUT2D eigenvalue weighted by Gasteiger charge is -1.88. The molecular formula is C8H11NO2. The number of rotatable bonds is 3. The number of hydrogen-bond donors (Lipinski definition) is 1. The first kappa shape index (κ1) is 7.85. The van der Waals surface area contributed by atoms with Crippen LogP contribution in [0.1, 0.15) is 24.9 Å². The van der Waals surface area contributed by atoms with Crippen molar-refractivity contribution in [3.63, 3.8) is 0 Å². The van der Waals surface area contributed by atoms with Crippen molar-refractivity contribution in [1.82, 2.24) is 0 Å². The van der Waals surface area contributed by atoms with Crippen molar-refractivity contribution in [3.8, 4) is 0 Å². The average molecular weight is 153 g/mol. The van der Waals surface area contributed by atoms with Gasteiger partial charge in [-0.1, -0.05) is 12.1 Å². The number of furan rings is 1. The Morgan fingerprint density at radius 1 is 1.64 bits per heavy atom. The van der Waals surface area contributed by atoms with Crippen LogP contribution < -0.4 is 0 Å². The normalized spacial score (nSPS) is 11.0. The van der Waals surface area contributed by atoms with Crippen molar-refractivity contribution >= 4 is 6.21 Å². The van der Waals surface area contributed by atoms with Gasteiger partial charge < -0.3 is 9.62 Å². The second-order valence-electron chi connectivity index (χ2n) is 2.30. The summed E-state index contributed by atoms with van der Waals surface area (Å²) < 4.78 is 5.26. The number of nitrogens with zero attached hydrogens (tertiary/aromatic N) is 1. The third kappa shape index (κ3) is 2.11. The molecule has 1 rings (SSSR count). The predicted molar refractivity (Wildman–Crippen MR) is 42.1 cm³/mol. The fourth-order valence-electron chi connectivity index (χ4n) is 0.902. The maximum absolute atomic E-state index is 8.17. The summed E-state index contributed by atoms with van der Waals surface area (Å²) in [5.41, 5.74) is 0. The van der Waals surface area contributed by atoms with E-state index in [0.29, 0.717) is 5.76 Å². The highest BCUT2D eigenvalue weighted by molar-refractivity contribution is 5.75. The van der Waals surface area contributed by atoms with E-state index in [9.17, 15) is 0 Å². The van der Waals surface area contributed by atoms with E-state index in [2.05, 4.69) is 12.1 Å². The molecule has 0 saturated carbocycles. The van der Waals surface area contributed by atoms with Crippen molar-refractivity contribution in [2.75, 3.05) is 0 Å². The van der Waals surface area contributed by atoms with Crippen LogP contribution in [0.3, 0.4) is 0 Å². The van der Waals surface area contributed by atoms with E-state index in [4.69, 9.17) is 9.62 Å². The molecule has 1 aromatic heterocycles. The summed E-state index contributed by atoms with van der Waals surface area (Å²) >= 11 is 0. The lowest BCUT2D eigenvalue weighted by molar-refractivity contribution is 0.320. The highest BCUT2D eigenvalue weighted by atomic mass is 16.4. The van der Waals surface area contributed by atoms with Crippen molar-refractivity contribution in [2.24, 2.45) is 5.16 Å². The van der Waals surface area contributed by atoms with Crippen LogP contribution in [0, 0.1) is 0 Å². The molecule has 3 heteroatoms. The highest BCUT2D eigenvalue weighted by Gasteiger charge is 1.97. The zero-order chi connectivity index (χ0) is 8.10. The van der Waals surface area contributed by atoms with Gasteiger partial charge in [-0.05, 0) is 18.6 Å². The Bertz CT molecular complexity index is 240. The smallest absolute Gasteiger partial charge is 0.148 e. The van der Waals surface area contributed by atoms with E-state index in [0.717, 1.165) is 18.6 Å².